The number of amides is 1. The summed E-state index contributed by atoms with van der Waals surface area (Å²) in [5, 5.41) is 3.66. The molecule has 150 valence electrons. The molecule has 1 heterocycles. The second-order valence-corrected chi connectivity index (χ2v) is 9.54. The molecule has 0 aliphatic heterocycles. The lowest BCUT2D eigenvalue weighted by Gasteiger charge is -2.25. The van der Waals surface area contributed by atoms with Gasteiger partial charge >= 0.3 is 0 Å². The van der Waals surface area contributed by atoms with Gasteiger partial charge in [0.1, 0.15) is 5.58 Å². The Kier molecular flexibility index (Phi) is 4.44. The minimum absolute atomic E-state index is 0.0414. The van der Waals surface area contributed by atoms with Crippen molar-refractivity contribution in [3.8, 4) is 0 Å². The van der Waals surface area contributed by atoms with Crippen LogP contribution in [-0.2, 0) is 16.4 Å². The lowest BCUT2D eigenvalue weighted by molar-refractivity contribution is 0.0907. The number of carbonyl (C=O) groups excluding carboxylic acids is 1. The summed E-state index contributed by atoms with van der Waals surface area (Å²) in [6.07, 6.45) is 4.69. The van der Waals surface area contributed by atoms with Crippen LogP contribution >= 0.6 is 0 Å². The topological polar surface area (TPSA) is 88.4 Å². The molecule has 5 rings (SSSR count). The highest BCUT2D eigenvalue weighted by atomic mass is 32.2. The van der Waals surface area contributed by atoms with Crippen LogP contribution in [0.15, 0.2) is 57.8 Å². The van der Waals surface area contributed by atoms with Crippen molar-refractivity contribution in [1.29, 1.82) is 0 Å². The molecule has 7 heteroatoms. The quantitative estimate of drug-likeness (QED) is 0.672. The number of furan rings is 1. The van der Waals surface area contributed by atoms with Crippen LogP contribution in [0, 0.1) is 0 Å². The van der Waals surface area contributed by atoms with Crippen molar-refractivity contribution < 1.29 is 17.6 Å². The molecule has 0 spiro atoms. The smallest absolute Gasteiger partial charge is 0.287 e. The highest BCUT2D eigenvalue weighted by Gasteiger charge is 2.28. The molecule has 1 amide bonds. The molecule has 2 aliphatic carbocycles. The minimum Gasteiger partial charge on any atom is -0.451 e. The predicted molar refractivity (Wildman–Crippen MR) is 109 cm³/mol. The molecule has 2 aliphatic rings. The molecule has 6 nitrogen and oxygen atoms in total. The third-order valence-electron chi connectivity index (χ3n) is 5.60. The van der Waals surface area contributed by atoms with Crippen molar-refractivity contribution >= 4 is 26.9 Å². The van der Waals surface area contributed by atoms with Crippen molar-refractivity contribution in [1.82, 2.24) is 10.0 Å². The van der Waals surface area contributed by atoms with Crippen LogP contribution in [0.5, 0.6) is 0 Å². The molecule has 1 fully saturated rings. The Labute approximate surface area is 169 Å². The molecular formula is C22H22N2O4S. The first kappa shape index (κ1) is 18.4. The second kappa shape index (κ2) is 7.00. The fourth-order valence-electron chi connectivity index (χ4n) is 3.92. The number of hydrogen-bond acceptors (Lipinski definition) is 4. The average molecular weight is 410 g/mol. The number of carbonyl (C=O) groups is 1. The summed E-state index contributed by atoms with van der Waals surface area (Å²) in [6, 6.07) is 14.4. The molecular weight excluding hydrogens is 388 g/mol. The Morgan fingerprint density at radius 1 is 1.03 bits per heavy atom. The molecule has 1 unspecified atom stereocenters. The average Bonchev–Trinajstić information content (AvgIpc) is 3.41. The monoisotopic (exact) mass is 410 g/mol. The molecule has 1 atom stereocenters. The fraction of sp³-hybridized carbons (Fsp3) is 0.318. The van der Waals surface area contributed by atoms with E-state index in [2.05, 4.69) is 22.2 Å². The van der Waals surface area contributed by atoms with E-state index in [1.807, 2.05) is 12.1 Å². The summed E-state index contributed by atoms with van der Waals surface area (Å²) < 4.78 is 33.2. The number of aryl methyl sites for hydroxylation is 1. The largest absolute Gasteiger partial charge is 0.451 e. The van der Waals surface area contributed by atoms with Crippen LogP contribution in [-0.4, -0.2) is 20.4 Å². The zero-order valence-electron chi connectivity index (χ0n) is 15.9. The fourth-order valence-corrected chi connectivity index (χ4v) is 5.26. The van der Waals surface area contributed by atoms with E-state index in [1.165, 1.54) is 11.6 Å². The van der Waals surface area contributed by atoms with E-state index in [0.29, 0.717) is 11.0 Å². The maximum atomic E-state index is 12.8. The molecule has 29 heavy (non-hydrogen) atoms. The maximum absolute atomic E-state index is 12.8. The summed E-state index contributed by atoms with van der Waals surface area (Å²) in [5.41, 5.74) is 2.92. The SMILES string of the molecule is O=C(NC1CCCc2ccccc21)c1cc2cc(S(=O)(=O)NC3CC3)ccc2o1. The van der Waals surface area contributed by atoms with Crippen molar-refractivity contribution in [2.24, 2.45) is 0 Å². The summed E-state index contributed by atoms with van der Waals surface area (Å²) >= 11 is 0. The Bertz CT molecular complexity index is 1190. The van der Waals surface area contributed by atoms with Crippen molar-refractivity contribution in [3.63, 3.8) is 0 Å². The predicted octanol–water partition coefficient (Wildman–Crippen LogP) is 3.68. The summed E-state index contributed by atoms with van der Waals surface area (Å²) in [5.74, 6) is -0.101. The van der Waals surface area contributed by atoms with Gasteiger partial charge in [-0.2, -0.15) is 0 Å². The van der Waals surface area contributed by atoms with Crippen LogP contribution in [0.25, 0.3) is 11.0 Å². The first-order valence-electron chi connectivity index (χ1n) is 9.94. The molecule has 3 aromatic rings. The Morgan fingerprint density at radius 3 is 2.69 bits per heavy atom. The first-order chi connectivity index (χ1) is 14.0. The van der Waals surface area contributed by atoms with E-state index in [4.69, 9.17) is 4.42 Å². The van der Waals surface area contributed by atoms with Crippen LogP contribution in [0.1, 0.15) is 53.4 Å². The van der Waals surface area contributed by atoms with Gasteiger partial charge < -0.3 is 9.73 Å². The normalized spacial score (nSPS) is 19.1. The van der Waals surface area contributed by atoms with Gasteiger partial charge in [-0.25, -0.2) is 13.1 Å². The third kappa shape index (κ3) is 3.68. The number of nitrogens with one attached hydrogen (secondary N) is 2. The highest BCUT2D eigenvalue weighted by molar-refractivity contribution is 7.89. The molecule has 1 saturated carbocycles. The van der Waals surface area contributed by atoms with Crippen molar-refractivity contribution in [2.45, 2.75) is 49.1 Å². The van der Waals surface area contributed by atoms with E-state index in [-0.39, 0.29) is 28.6 Å². The maximum Gasteiger partial charge on any atom is 0.287 e. The van der Waals surface area contributed by atoms with Gasteiger partial charge in [0.15, 0.2) is 5.76 Å². The molecule has 0 saturated heterocycles. The summed E-state index contributed by atoms with van der Waals surface area (Å²) in [4.78, 5) is 13.0. The Balaban J connectivity index is 1.38. The van der Waals surface area contributed by atoms with Crippen LogP contribution in [0.3, 0.4) is 0 Å². The number of rotatable bonds is 5. The van der Waals surface area contributed by atoms with E-state index >= 15 is 0 Å². The van der Waals surface area contributed by atoms with E-state index in [1.54, 1.807) is 18.2 Å². The number of benzene rings is 2. The van der Waals surface area contributed by atoms with Crippen molar-refractivity contribution in [2.75, 3.05) is 0 Å². The molecule has 0 bridgehead atoms. The molecule has 0 radical (unpaired) electrons. The third-order valence-corrected chi connectivity index (χ3v) is 7.11. The van der Waals surface area contributed by atoms with Crippen LogP contribution < -0.4 is 10.0 Å². The standard InChI is InChI=1S/C22H22N2O4S/c25-22(23-19-7-3-5-14-4-1-2-6-18(14)19)21-13-15-12-17(10-11-20(15)28-21)29(26,27)24-16-8-9-16/h1-2,4,6,10-13,16,19,24H,3,5,7-9H2,(H,23,25). The van der Waals surface area contributed by atoms with Gasteiger partial charge in [-0.05, 0) is 67.5 Å². The van der Waals surface area contributed by atoms with Gasteiger partial charge in [-0.3, -0.25) is 4.79 Å². The molecule has 2 N–H and O–H groups in total. The first-order valence-corrected chi connectivity index (χ1v) is 11.4. The van der Waals surface area contributed by atoms with Gasteiger partial charge in [0.2, 0.25) is 10.0 Å². The van der Waals surface area contributed by atoms with Gasteiger partial charge in [0.05, 0.1) is 10.9 Å². The summed E-state index contributed by atoms with van der Waals surface area (Å²) in [7, 11) is -3.55. The van der Waals surface area contributed by atoms with Gasteiger partial charge in [-0.15, -0.1) is 0 Å². The lowest BCUT2D eigenvalue weighted by Crippen LogP contribution is -2.30. The minimum atomic E-state index is -3.55. The second-order valence-electron chi connectivity index (χ2n) is 7.82. The van der Waals surface area contributed by atoms with E-state index in [9.17, 15) is 13.2 Å². The van der Waals surface area contributed by atoms with E-state index < -0.39 is 10.0 Å². The number of hydrogen-bond donors (Lipinski definition) is 2. The summed E-state index contributed by atoms with van der Waals surface area (Å²) in [6.45, 7) is 0. The van der Waals surface area contributed by atoms with Gasteiger partial charge in [0, 0.05) is 11.4 Å². The molecule has 2 aromatic carbocycles. The zero-order chi connectivity index (χ0) is 20.0. The van der Waals surface area contributed by atoms with Crippen LogP contribution in [0.2, 0.25) is 0 Å². The Hall–Kier alpha value is -2.64. The van der Waals surface area contributed by atoms with E-state index in [0.717, 1.165) is 37.7 Å². The number of fused-ring (bicyclic) bond motifs is 2. The lowest BCUT2D eigenvalue weighted by atomic mass is 9.88. The van der Waals surface area contributed by atoms with Crippen LogP contribution in [0.4, 0.5) is 0 Å². The number of sulfonamides is 1. The van der Waals surface area contributed by atoms with Crippen molar-refractivity contribution in [3.05, 3.63) is 65.4 Å². The Morgan fingerprint density at radius 2 is 1.86 bits per heavy atom. The van der Waals surface area contributed by atoms with Gasteiger partial charge in [0.25, 0.3) is 5.91 Å². The van der Waals surface area contributed by atoms with Gasteiger partial charge in [-0.1, -0.05) is 24.3 Å². The highest BCUT2D eigenvalue weighted by Crippen LogP contribution is 2.30. The zero-order valence-corrected chi connectivity index (χ0v) is 16.7. The molecule has 1 aromatic heterocycles.